The number of piperidine rings is 2. The number of hydrogen-bond donors (Lipinski definition) is 1. The normalized spacial score (nSPS) is 28.9. The molecular formula is C17H31N3O5S. The Hall–Kier alpha value is -0.740. The molecule has 1 N–H and O–H groups in total. The van der Waals surface area contributed by atoms with Gasteiger partial charge in [-0.2, -0.15) is 17.0 Å². The van der Waals surface area contributed by atoms with E-state index in [0.29, 0.717) is 52.1 Å². The second-order valence-electron chi connectivity index (χ2n) is 7.53. The van der Waals surface area contributed by atoms with E-state index in [4.69, 9.17) is 9.47 Å². The number of ether oxygens (including phenoxy) is 2. The van der Waals surface area contributed by atoms with Crippen LogP contribution in [0.5, 0.6) is 0 Å². The first-order valence-electron chi connectivity index (χ1n) is 9.70. The van der Waals surface area contributed by atoms with E-state index in [1.807, 2.05) is 13.8 Å². The van der Waals surface area contributed by atoms with Crippen LogP contribution in [0.25, 0.3) is 0 Å². The molecule has 150 valence electrons. The number of nitrogens with one attached hydrogen (secondary N) is 1. The Morgan fingerprint density at radius 2 is 1.85 bits per heavy atom. The first-order valence-corrected chi connectivity index (χ1v) is 11.1. The second kappa shape index (κ2) is 8.10. The minimum Gasteiger partial charge on any atom is -0.353 e. The Balaban J connectivity index is 1.59. The molecule has 0 saturated carbocycles. The number of amides is 1. The van der Waals surface area contributed by atoms with Gasteiger partial charge in [-0.25, -0.2) is 0 Å². The van der Waals surface area contributed by atoms with Crippen LogP contribution in [0.4, 0.5) is 0 Å². The quantitative estimate of drug-likeness (QED) is 0.748. The van der Waals surface area contributed by atoms with Gasteiger partial charge in [0.1, 0.15) is 0 Å². The summed E-state index contributed by atoms with van der Waals surface area (Å²) in [5, 5.41) is 2.98. The number of rotatable bonds is 5. The third-order valence-corrected chi connectivity index (χ3v) is 7.71. The van der Waals surface area contributed by atoms with Gasteiger partial charge in [-0.3, -0.25) is 4.79 Å². The molecule has 3 aliphatic rings. The molecule has 0 aromatic carbocycles. The third kappa shape index (κ3) is 4.22. The van der Waals surface area contributed by atoms with E-state index in [-0.39, 0.29) is 24.4 Å². The predicted octanol–water partition coefficient (Wildman–Crippen LogP) is 0.697. The minimum atomic E-state index is -3.56. The van der Waals surface area contributed by atoms with E-state index in [2.05, 4.69) is 5.32 Å². The molecular weight excluding hydrogens is 358 g/mol. The maximum absolute atomic E-state index is 13.0. The lowest BCUT2D eigenvalue weighted by Crippen LogP contribution is -2.54. The van der Waals surface area contributed by atoms with Crippen LogP contribution in [0.1, 0.15) is 46.0 Å². The minimum absolute atomic E-state index is 0.0374. The van der Waals surface area contributed by atoms with Gasteiger partial charge < -0.3 is 14.8 Å². The molecule has 0 radical (unpaired) electrons. The van der Waals surface area contributed by atoms with E-state index in [1.54, 1.807) is 0 Å². The summed E-state index contributed by atoms with van der Waals surface area (Å²) >= 11 is 0. The lowest BCUT2D eigenvalue weighted by atomic mass is 9.98. The van der Waals surface area contributed by atoms with Gasteiger partial charge in [0.25, 0.3) is 10.2 Å². The smallest absolute Gasteiger partial charge is 0.282 e. The maximum Gasteiger partial charge on any atom is 0.282 e. The molecule has 2 unspecified atom stereocenters. The molecule has 3 saturated heterocycles. The van der Waals surface area contributed by atoms with Crippen molar-refractivity contribution in [3.05, 3.63) is 0 Å². The van der Waals surface area contributed by atoms with Crippen LogP contribution < -0.4 is 5.32 Å². The van der Waals surface area contributed by atoms with Gasteiger partial charge in [0, 0.05) is 45.1 Å². The first-order chi connectivity index (χ1) is 12.4. The highest BCUT2D eigenvalue weighted by atomic mass is 32.2. The molecule has 1 spiro atoms. The Morgan fingerprint density at radius 1 is 1.19 bits per heavy atom. The van der Waals surface area contributed by atoms with Crippen molar-refractivity contribution >= 4 is 16.1 Å². The Morgan fingerprint density at radius 3 is 2.46 bits per heavy atom. The van der Waals surface area contributed by atoms with Gasteiger partial charge in [-0.1, -0.05) is 6.92 Å². The molecule has 3 fully saturated rings. The highest BCUT2D eigenvalue weighted by Crippen LogP contribution is 2.33. The summed E-state index contributed by atoms with van der Waals surface area (Å²) in [7, 11) is -3.56. The van der Waals surface area contributed by atoms with Crippen molar-refractivity contribution < 1.29 is 22.7 Å². The third-order valence-electron chi connectivity index (χ3n) is 5.71. The van der Waals surface area contributed by atoms with Crippen LogP contribution in [0.3, 0.4) is 0 Å². The fourth-order valence-electron chi connectivity index (χ4n) is 3.84. The first kappa shape index (κ1) is 20.0. The summed E-state index contributed by atoms with van der Waals surface area (Å²) in [6, 6.07) is 0.110. The van der Waals surface area contributed by atoms with Gasteiger partial charge in [-0.15, -0.1) is 0 Å². The van der Waals surface area contributed by atoms with Crippen LogP contribution >= 0.6 is 0 Å². The Labute approximate surface area is 156 Å². The van der Waals surface area contributed by atoms with Crippen molar-refractivity contribution in [3.63, 3.8) is 0 Å². The molecule has 0 aliphatic carbocycles. The SMILES string of the molecule is CCC(C)NC(=O)C1CCCN(S(=O)(=O)N2CCC3(CC2)OCCO3)C1. The standard InChI is InChI=1S/C17H31N3O5S/c1-3-14(2)18-16(21)15-5-4-8-20(13-15)26(22,23)19-9-6-17(7-10-19)24-11-12-25-17/h14-15H,3-13H2,1-2H3,(H,18,21). The van der Waals surface area contributed by atoms with Crippen molar-refractivity contribution in [1.29, 1.82) is 0 Å². The molecule has 3 rings (SSSR count). The average molecular weight is 390 g/mol. The van der Waals surface area contributed by atoms with Crippen molar-refractivity contribution in [2.75, 3.05) is 39.4 Å². The van der Waals surface area contributed by atoms with Crippen molar-refractivity contribution in [1.82, 2.24) is 13.9 Å². The van der Waals surface area contributed by atoms with Gasteiger partial charge in [0.2, 0.25) is 5.91 Å². The summed E-state index contributed by atoms with van der Waals surface area (Å²) in [6.45, 7) is 6.65. The second-order valence-corrected chi connectivity index (χ2v) is 9.46. The molecule has 9 heteroatoms. The van der Waals surface area contributed by atoms with E-state index >= 15 is 0 Å². The van der Waals surface area contributed by atoms with Gasteiger partial charge in [0.15, 0.2) is 5.79 Å². The van der Waals surface area contributed by atoms with Crippen molar-refractivity contribution in [3.8, 4) is 0 Å². The Kier molecular flexibility index (Phi) is 6.23. The highest BCUT2D eigenvalue weighted by Gasteiger charge is 2.44. The topological polar surface area (TPSA) is 88.2 Å². The van der Waals surface area contributed by atoms with E-state index < -0.39 is 16.0 Å². The fourth-order valence-corrected chi connectivity index (χ4v) is 5.53. The van der Waals surface area contributed by atoms with Gasteiger partial charge >= 0.3 is 0 Å². The largest absolute Gasteiger partial charge is 0.353 e. The van der Waals surface area contributed by atoms with Gasteiger partial charge in [-0.05, 0) is 26.2 Å². The molecule has 3 aliphatic heterocycles. The zero-order chi connectivity index (χ0) is 18.8. The van der Waals surface area contributed by atoms with Crippen molar-refractivity contribution in [2.45, 2.75) is 57.8 Å². The molecule has 26 heavy (non-hydrogen) atoms. The zero-order valence-corrected chi connectivity index (χ0v) is 16.6. The predicted molar refractivity (Wildman–Crippen MR) is 96.6 cm³/mol. The van der Waals surface area contributed by atoms with E-state index in [1.165, 1.54) is 8.61 Å². The fraction of sp³-hybridized carbons (Fsp3) is 0.941. The molecule has 1 amide bonds. The van der Waals surface area contributed by atoms with E-state index in [9.17, 15) is 13.2 Å². The van der Waals surface area contributed by atoms with E-state index in [0.717, 1.165) is 12.8 Å². The molecule has 0 bridgehead atoms. The van der Waals surface area contributed by atoms with Crippen molar-refractivity contribution in [2.24, 2.45) is 5.92 Å². The summed E-state index contributed by atoms with van der Waals surface area (Å²) in [4.78, 5) is 12.4. The molecule has 0 aromatic heterocycles. The lowest BCUT2D eigenvalue weighted by molar-refractivity contribution is -0.179. The number of carbonyl (C=O) groups is 1. The van der Waals surface area contributed by atoms with Crippen LogP contribution in [0.2, 0.25) is 0 Å². The summed E-state index contributed by atoms with van der Waals surface area (Å²) in [5.74, 6) is -0.901. The summed E-state index contributed by atoms with van der Waals surface area (Å²) < 4.78 is 40.4. The summed E-state index contributed by atoms with van der Waals surface area (Å²) in [6.07, 6.45) is 3.41. The van der Waals surface area contributed by atoms with Gasteiger partial charge in [0.05, 0.1) is 19.1 Å². The van der Waals surface area contributed by atoms with Crippen LogP contribution in [-0.2, 0) is 24.5 Å². The number of carbonyl (C=O) groups excluding carboxylic acids is 1. The summed E-state index contributed by atoms with van der Waals surface area (Å²) in [5.41, 5.74) is 0. The van der Waals surface area contributed by atoms with Crippen LogP contribution in [-0.4, -0.2) is 74.2 Å². The molecule has 0 aromatic rings. The number of nitrogens with zero attached hydrogens (tertiary/aromatic N) is 2. The molecule has 3 heterocycles. The monoisotopic (exact) mass is 389 g/mol. The number of hydrogen-bond acceptors (Lipinski definition) is 5. The van der Waals surface area contributed by atoms with Crippen LogP contribution in [0.15, 0.2) is 0 Å². The molecule has 8 nitrogen and oxygen atoms in total. The molecule has 2 atom stereocenters. The lowest BCUT2D eigenvalue weighted by Gasteiger charge is -2.40. The average Bonchev–Trinajstić information content (AvgIpc) is 3.10. The zero-order valence-electron chi connectivity index (χ0n) is 15.8. The maximum atomic E-state index is 13.0. The van der Waals surface area contributed by atoms with Crippen LogP contribution in [0, 0.1) is 5.92 Å². The highest BCUT2D eigenvalue weighted by molar-refractivity contribution is 7.86. The Bertz CT molecular complexity index is 596.